The van der Waals surface area contributed by atoms with Crippen molar-refractivity contribution in [2.24, 2.45) is 0 Å². The zero-order chi connectivity index (χ0) is 23.7. The van der Waals surface area contributed by atoms with E-state index in [-0.39, 0.29) is 17.9 Å². The van der Waals surface area contributed by atoms with Crippen LogP contribution in [0.15, 0.2) is 53.4 Å². The minimum atomic E-state index is -3.76. The second-order valence-electron chi connectivity index (χ2n) is 8.17. The molecule has 1 aliphatic rings. The summed E-state index contributed by atoms with van der Waals surface area (Å²) in [6.07, 6.45) is 0.576. The molecule has 9 heteroatoms. The normalized spacial score (nSPS) is 16.8. The van der Waals surface area contributed by atoms with E-state index >= 15 is 0 Å². The third-order valence-corrected chi connectivity index (χ3v) is 8.83. The second kappa shape index (κ2) is 11.8. The molecule has 1 fully saturated rings. The number of rotatable bonds is 12. The highest BCUT2D eigenvalue weighted by Gasteiger charge is 2.43. The fourth-order valence-electron chi connectivity index (χ4n) is 4.03. The first-order chi connectivity index (χ1) is 15.9. The van der Waals surface area contributed by atoms with Crippen molar-refractivity contribution < 1.29 is 27.8 Å². The van der Waals surface area contributed by atoms with Crippen LogP contribution in [0, 0.1) is 0 Å². The lowest BCUT2D eigenvalue weighted by atomic mass is 9.96. The number of methoxy groups -OCH3 is 1. The predicted molar refractivity (Wildman–Crippen MR) is 126 cm³/mol. The van der Waals surface area contributed by atoms with Crippen molar-refractivity contribution in [3.05, 3.63) is 54.1 Å². The maximum atomic E-state index is 13.6. The standard InChI is InChI=1S/C24H34N2O6S/c1-3-24(19-25-27,33(28,29)23-10-8-21(30-2)9-11-23)18-20-4-6-22(7-5-20)32-17-14-26-12-15-31-16-13-26/h4-11,25,27H,3,12-19H2,1-2H3. The Bertz CT molecular complexity index is 959. The molecular formula is C24H34N2O6S. The molecular weight excluding hydrogens is 444 g/mol. The van der Waals surface area contributed by atoms with Crippen LogP contribution in [0.2, 0.25) is 0 Å². The van der Waals surface area contributed by atoms with E-state index in [2.05, 4.69) is 10.4 Å². The fraction of sp³-hybridized carbons (Fsp3) is 0.500. The van der Waals surface area contributed by atoms with Crippen LogP contribution in [0.4, 0.5) is 0 Å². The molecule has 1 heterocycles. The van der Waals surface area contributed by atoms with Crippen LogP contribution in [-0.2, 0) is 21.0 Å². The molecule has 2 N–H and O–H groups in total. The van der Waals surface area contributed by atoms with Crippen LogP contribution >= 0.6 is 0 Å². The van der Waals surface area contributed by atoms with Gasteiger partial charge in [0, 0.05) is 26.2 Å². The Hall–Kier alpha value is -2.17. The summed E-state index contributed by atoms with van der Waals surface area (Å²) in [4.78, 5) is 2.50. The molecule has 33 heavy (non-hydrogen) atoms. The molecule has 0 bridgehead atoms. The Kier molecular flexibility index (Phi) is 9.10. The summed E-state index contributed by atoms with van der Waals surface area (Å²) in [5.41, 5.74) is 2.96. The van der Waals surface area contributed by atoms with Gasteiger partial charge in [-0.2, -0.15) is 0 Å². The molecule has 182 valence electrons. The van der Waals surface area contributed by atoms with Gasteiger partial charge in [0.15, 0.2) is 9.84 Å². The molecule has 1 unspecified atom stereocenters. The Labute approximate surface area is 196 Å². The number of morpholine rings is 1. The van der Waals surface area contributed by atoms with Crippen LogP contribution in [-0.4, -0.2) is 76.4 Å². The first-order valence-corrected chi connectivity index (χ1v) is 12.7. The van der Waals surface area contributed by atoms with Crippen LogP contribution in [0.25, 0.3) is 0 Å². The lowest BCUT2D eigenvalue weighted by Crippen LogP contribution is -2.48. The maximum absolute atomic E-state index is 13.6. The molecule has 0 aromatic heterocycles. The van der Waals surface area contributed by atoms with Crippen molar-refractivity contribution in [1.82, 2.24) is 10.4 Å². The van der Waals surface area contributed by atoms with Gasteiger partial charge in [0.2, 0.25) is 0 Å². The molecule has 0 saturated carbocycles. The number of hydrogen-bond donors (Lipinski definition) is 2. The van der Waals surface area contributed by atoms with Crippen LogP contribution in [0.1, 0.15) is 18.9 Å². The summed E-state index contributed by atoms with van der Waals surface area (Å²) >= 11 is 0. The summed E-state index contributed by atoms with van der Waals surface area (Å²) in [6, 6.07) is 13.8. The van der Waals surface area contributed by atoms with E-state index < -0.39 is 14.6 Å². The van der Waals surface area contributed by atoms with E-state index in [1.54, 1.807) is 24.3 Å². The molecule has 0 spiro atoms. The Morgan fingerprint density at radius 3 is 2.27 bits per heavy atom. The minimum Gasteiger partial charge on any atom is -0.497 e. The molecule has 2 aromatic rings. The van der Waals surface area contributed by atoms with Crippen molar-refractivity contribution in [2.75, 3.05) is 53.1 Å². The number of sulfone groups is 1. The highest BCUT2D eigenvalue weighted by Crippen LogP contribution is 2.33. The number of ether oxygens (including phenoxy) is 3. The maximum Gasteiger partial charge on any atom is 0.185 e. The van der Waals surface area contributed by atoms with Crippen molar-refractivity contribution in [3.63, 3.8) is 0 Å². The largest absolute Gasteiger partial charge is 0.497 e. The molecule has 0 radical (unpaired) electrons. The summed E-state index contributed by atoms with van der Waals surface area (Å²) in [6.45, 7) is 6.51. The van der Waals surface area contributed by atoms with Gasteiger partial charge in [-0.1, -0.05) is 19.1 Å². The van der Waals surface area contributed by atoms with Gasteiger partial charge in [0.05, 0.1) is 30.0 Å². The average Bonchev–Trinajstić information content (AvgIpc) is 2.85. The molecule has 8 nitrogen and oxygen atoms in total. The number of hydroxylamine groups is 1. The van der Waals surface area contributed by atoms with E-state index in [0.717, 1.165) is 44.2 Å². The summed E-state index contributed by atoms with van der Waals surface area (Å²) in [7, 11) is -2.23. The molecule has 1 atom stereocenters. The monoisotopic (exact) mass is 478 g/mol. The molecule has 2 aromatic carbocycles. The van der Waals surface area contributed by atoms with Gasteiger partial charge < -0.3 is 19.4 Å². The predicted octanol–water partition coefficient (Wildman–Crippen LogP) is 2.55. The second-order valence-corrected chi connectivity index (χ2v) is 10.5. The smallest absolute Gasteiger partial charge is 0.185 e. The van der Waals surface area contributed by atoms with Crippen LogP contribution in [0.3, 0.4) is 0 Å². The molecule has 1 saturated heterocycles. The quantitative estimate of drug-likeness (QED) is 0.449. The number of hydrogen-bond acceptors (Lipinski definition) is 8. The number of nitrogens with one attached hydrogen (secondary N) is 1. The molecule has 0 aliphatic carbocycles. The van der Waals surface area contributed by atoms with Gasteiger partial charge in [0.25, 0.3) is 0 Å². The zero-order valence-electron chi connectivity index (χ0n) is 19.3. The molecule has 1 aliphatic heterocycles. The Morgan fingerprint density at radius 2 is 1.70 bits per heavy atom. The lowest BCUT2D eigenvalue weighted by molar-refractivity contribution is 0.0322. The van der Waals surface area contributed by atoms with Gasteiger partial charge in [-0.3, -0.25) is 4.90 Å². The van der Waals surface area contributed by atoms with Gasteiger partial charge in [-0.25, -0.2) is 13.9 Å². The van der Waals surface area contributed by atoms with E-state index in [4.69, 9.17) is 14.2 Å². The van der Waals surface area contributed by atoms with Crippen molar-refractivity contribution in [2.45, 2.75) is 29.4 Å². The third kappa shape index (κ3) is 6.24. The van der Waals surface area contributed by atoms with Gasteiger partial charge >= 0.3 is 0 Å². The Morgan fingerprint density at radius 1 is 1.06 bits per heavy atom. The zero-order valence-corrected chi connectivity index (χ0v) is 20.1. The van der Waals surface area contributed by atoms with E-state index in [0.29, 0.717) is 18.8 Å². The molecule has 3 rings (SSSR count). The van der Waals surface area contributed by atoms with Crippen molar-refractivity contribution in [3.8, 4) is 11.5 Å². The van der Waals surface area contributed by atoms with Gasteiger partial charge in [-0.05, 0) is 54.8 Å². The summed E-state index contributed by atoms with van der Waals surface area (Å²) in [5.74, 6) is 1.33. The van der Waals surface area contributed by atoms with Gasteiger partial charge in [-0.15, -0.1) is 0 Å². The number of nitrogens with zero attached hydrogens (tertiary/aromatic N) is 1. The van der Waals surface area contributed by atoms with E-state index in [9.17, 15) is 13.6 Å². The third-order valence-electron chi connectivity index (χ3n) is 6.21. The highest BCUT2D eigenvalue weighted by atomic mass is 32.2. The van der Waals surface area contributed by atoms with E-state index in [1.165, 1.54) is 7.11 Å². The minimum absolute atomic E-state index is 0.0876. The summed E-state index contributed by atoms with van der Waals surface area (Å²) in [5, 5.41) is 9.49. The SMILES string of the molecule is CCC(CNO)(Cc1ccc(OCCN2CCOCC2)cc1)S(=O)(=O)c1ccc(OC)cc1. The van der Waals surface area contributed by atoms with Crippen molar-refractivity contribution in [1.29, 1.82) is 0 Å². The highest BCUT2D eigenvalue weighted by molar-refractivity contribution is 7.92. The lowest BCUT2D eigenvalue weighted by Gasteiger charge is -2.32. The molecule has 0 amide bonds. The fourth-order valence-corrected chi connectivity index (χ4v) is 6.02. The van der Waals surface area contributed by atoms with Gasteiger partial charge in [0.1, 0.15) is 18.1 Å². The van der Waals surface area contributed by atoms with Crippen LogP contribution < -0.4 is 15.0 Å². The van der Waals surface area contributed by atoms with Crippen molar-refractivity contribution >= 4 is 9.84 Å². The number of benzene rings is 2. The first-order valence-electron chi connectivity index (χ1n) is 11.2. The topological polar surface area (TPSA) is 97.3 Å². The Balaban J connectivity index is 1.71. The average molecular weight is 479 g/mol. The van der Waals surface area contributed by atoms with Crippen LogP contribution in [0.5, 0.6) is 11.5 Å². The van der Waals surface area contributed by atoms with E-state index in [1.807, 2.05) is 31.2 Å². The summed E-state index contributed by atoms with van der Waals surface area (Å²) < 4.78 is 42.4. The first kappa shape index (κ1) is 25.5.